The van der Waals surface area contributed by atoms with Gasteiger partial charge < -0.3 is 5.73 Å². The highest BCUT2D eigenvalue weighted by Gasteiger charge is 2.07. The van der Waals surface area contributed by atoms with Crippen molar-refractivity contribution in [1.82, 2.24) is 4.90 Å². The fourth-order valence-electron chi connectivity index (χ4n) is 2.33. The first-order valence-corrected chi connectivity index (χ1v) is 6.80. The molecule has 2 rings (SSSR count). The average molecular weight is 272 g/mol. The Balaban J connectivity index is 2.05. The van der Waals surface area contributed by atoms with Crippen LogP contribution in [0.1, 0.15) is 22.3 Å². The molecule has 0 radical (unpaired) electrons. The van der Waals surface area contributed by atoms with E-state index in [9.17, 15) is 4.39 Å². The van der Waals surface area contributed by atoms with Gasteiger partial charge in [0.25, 0.3) is 0 Å². The van der Waals surface area contributed by atoms with Crippen molar-refractivity contribution < 1.29 is 4.39 Å². The largest absolute Gasteiger partial charge is 0.326 e. The maximum absolute atomic E-state index is 13.6. The number of halogens is 1. The minimum atomic E-state index is -0.144. The van der Waals surface area contributed by atoms with Crippen molar-refractivity contribution in [2.75, 3.05) is 7.05 Å². The standard InChI is InChI=1S/C17H21FN2/c1-13-9-14(10-19)7-8-15(13)11-20(2)12-16-5-3-4-6-17(16)18/h3-9H,10-12,19H2,1-2H3. The summed E-state index contributed by atoms with van der Waals surface area (Å²) in [6.45, 7) is 4.05. The number of benzene rings is 2. The van der Waals surface area contributed by atoms with Crippen molar-refractivity contribution in [2.45, 2.75) is 26.6 Å². The Labute approximate surface area is 120 Å². The van der Waals surface area contributed by atoms with Crippen molar-refractivity contribution in [2.24, 2.45) is 5.73 Å². The minimum absolute atomic E-state index is 0.144. The monoisotopic (exact) mass is 272 g/mol. The summed E-state index contributed by atoms with van der Waals surface area (Å²) in [6, 6.07) is 13.2. The van der Waals surface area contributed by atoms with Gasteiger partial charge in [-0.25, -0.2) is 4.39 Å². The van der Waals surface area contributed by atoms with Crippen molar-refractivity contribution >= 4 is 0 Å². The van der Waals surface area contributed by atoms with E-state index in [0.29, 0.717) is 13.1 Å². The summed E-state index contributed by atoms with van der Waals surface area (Å²) in [4.78, 5) is 2.11. The molecular weight excluding hydrogens is 251 g/mol. The molecule has 0 aliphatic heterocycles. The van der Waals surface area contributed by atoms with Gasteiger partial charge in [0.15, 0.2) is 0 Å². The second-order valence-electron chi connectivity index (χ2n) is 5.23. The molecule has 2 aromatic carbocycles. The fraction of sp³-hybridized carbons (Fsp3) is 0.294. The number of aryl methyl sites for hydroxylation is 1. The van der Waals surface area contributed by atoms with Gasteiger partial charge in [0, 0.05) is 25.2 Å². The van der Waals surface area contributed by atoms with Crippen LogP contribution in [0.2, 0.25) is 0 Å². The molecule has 0 bridgehead atoms. The van der Waals surface area contributed by atoms with Crippen molar-refractivity contribution in [1.29, 1.82) is 0 Å². The second kappa shape index (κ2) is 6.64. The molecule has 2 N–H and O–H groups in total. The van der Waals surface area contributed by atoms with E-state index in [1.165, 1.54) is 17.2 Å². The Hall–Kier alpha value is -1.71. The minimum Gasteiger partial charge on any atom is -0.326 e. The number of rotatable bonds is 5. The maximum Gasteiger partial charge on any atom is 0.127 e. The number of nitrogens with two attached hydrogens (primary N) is 1. The van der Waals surface area contributed by atoms with E-state index >= 15 is 0 Å². The van der Waals surface area contributed by atoms with E-state index < -0.39 is 0 Å². The molecule has 0 aliphatic rings. The van der Waals surface area contributed by atoms with E-state index in [1.54, 1.807) is 6.07 Å². The predicted octanol–water partition coefficient (Wildman–Crippen LogP) is 3.22. The highest BCUT2D eigenvalue weighted by molar-refractivity contribution is 5.31. The van der Waals surface area contributed by atoms with Crippen molar-refractivity contribution in [3.8, 4) is 0 Å². The normalized spacial score (nSPS) is 11.1. The molecule has 0 saturated carbocycles. The van der Waals surface area contributed by atoms with Crippen molar-refractivity contribution in [3.63, 3.8) is 0 Å². The van der Waals surface area contributed by atoms with Gasteiger partial charge in [-0.1, -0.05) is 36.4 Å². The van der Waals surface area contributed by atoms with Gasteiger partial charge in [-0.3, -0.25) is 4.90 Å². The maximum atomic E-state index is 13.6. The predicted molar refractivity (Wildman–Crippen MR) is 80.6 cm³/mol. The summed E-state index contributed by atoms with van der Waals surface area (Å²) >= 11 is 0. The van der Waals surface area contributed by atoms with Crippen LogP contribution in [0.4, 0.5) is 4.39 Å². The Morgan fingerprint density at radius 1 is 1.05 bits per heavy atom. The third-order valence-electron chi connectivity index (χ3n) is 3.48. The van der Waals surface area contributed by atoms with E-state index in [-0.39, 0.29) is 5.82 Å². The number of nitrogens with zero attached hydrogens (tertiary/aromatic N) is 1. The van der Waals surface area contributed by atoms with Gasteiger partial charge in [-0.05, 0) is 36.7 Å². The van der Waals surface area contributed by atoms with Gasteiger partial charge in [0.2, 0.25) is 0 Å². The first kappa shape index (κ1) is 14.7. The van der Waals surface area contributed by atoms with Crippen LogP contribution in [-0.2, 0) is 19.6 Å². The van der Waals surface area contributed by atoms with E-state index in [0.717, 1.165) is 17.7 Å². The molecule has 0 unspecified atom stereocenters. The first-order chi connectivity index (χ1) is 9.60. The average Bonchev–Trinajstić information content (AvgIpc) is 2.43. The van der Waals surface area contributed by atoms with Crippen LogP contribution in [0.3, 0.4) is 0 Å². The first-order valence-electron chi connectivity index (χ1n) is 6.80. The molecule has 0 aliphatic carbocycles. The number of hydrogen-bond donors (Lipinski definition) is 1. The van der Waals surface area contributed by atoms with Crippen LogP contribution in [0.5, 0.6) is 0 Å². The molecule has 3 heteroatoms. The van der Waals surface area contributed by atoms with Gasteiger partial charge in [0.1, 0.15) is 5.82 Å². The zero-order chi connectivity index (χ0) is 14.5. The van der Waals surface area contributed by atoms with Crippen LogP contribution in [-0.4, -0.2) is 11.9 Å². The molecule has 0 aromatic heterocycles. The van der Waals surface area contributed by atoms with Crippen LogP contribution in [0.25, 0.3) is 0 Å². The highest BCUT2D eigenvalue weighted by Crippen LogP contribution is 2.15. The fourth-order valence-corrected chi connectivity index (χ4v) is 2.33. The molecule has 2 aromatic rings. The Morgan fingerprint density at radius 3 is 2.40 bits per heavy atom. The lowest BCUT2D eigenvalue weighted by Gasteiger charge is -2.19. The summed E-state index contributed by atoms with van der Waals surface area (Å²) < 4.78 is 13.6. The van der Waals surface area contributed by atoms with Crippen LogP contribution >= 0.6 is 0 Å². The summed E-state index contributed by atoms with van der Waals surface area (Å²) in [5.41, 5.74) is 9.99. The summed E-state index contributed by atoms with van der Waals surface area (Å²) in [6.07, 6.45) is 0. The number of hydrogen-bond acceptors (Lipinski definition) is 2. The zero-order valence-corrected chi connectivity index (χ0v) is 12.1. The van der Waals surface area contributed by atoms with Gasteiger partial charge >= 0.3 is 0 Å². The molecule has 0 saturated heterocycles. The summed E-state index contributed by atoms with van der Waals surface area (Å²) in [5, 5.41) is 0. The van der Waals surface area contributed by atoms with E-state index in [1.807, 2.05) is 19.2 Å². The van der Waals surface area contributed by atoms with Gasteiger partial charge in [0.05, 0.1) is 0 Å². The summed E-state index contributed by atoms with van der Waals surface area (Å²) in [5.74, 6) is -0.144. The Bertz CT molecular complexity index is 581. The van der Waals surface area contributed by atoms with Crippen LogP contribution in [0.15, 0.2) is 42.5 Å². The van der Waals surface area contributed by atoms with Gasteiger partial charge in [-0.15, -0.1) is 0 Å². The molecule has 0 atom stereocenters. The Morgan fingerprint density at radius 2 is 1.75 bits per heavy atom. The van der Waals surface area contributed by atoms with Crippen LogP contribution < -0.4 is 5.73 Å². The lowest BCUT2D eigenvalue weighted by molar-refractivity contribution is 0.313. The van der Waals surface area contributed by atoms with E-state index in [4.69, 9.17) is 5.73 Å². The SMILES string of the molecule is Cc1cc(CN)ccc1CN(C)Cc1ccccc1F. The smallest absolute Gasteiger partial charge is 0.127 e. The van der Waals surface area contributed by atoms with Crippen molar-refractivity contribution in [3.05, 3.63) is 70.5 Å². The molecule has 20 heavy (non-hydrogen) atoms. The van der Waals surface area contributed by atoms with Gasteiger partial charge in [-0.2, -0.15) is 0 Å². The molecule has 0 amide bonds. The highest BCUT2D eigenvalue weighted by atomic mass is 19.1. The third-order valence-corrected chi connectivity index (χ3v) is 3.48. The second-order valence-corrected chi connectivity index (χ2v) is 5.23. The zero-order valence-electron chi connectivity index (χ0n) is 12.1. The lowest BCUT2D eigenvalue weighted by Crippen LogP contribution is -2.18. The third kappa shape index (κ3) is 3.65. The molecule has 106 valence electrons. The Kier molecular flexibility index (Phi) is 4.88. The quantitative estimate of drug-likeness (QED) is 0.905. The molecule has 0 fully saturated rings. The molecule has 2 nitrogen and oxygen atoms in total. The topological polar surface area (TPSA) is 29.3 Å². The van der Waals surface area contributed by atoms with Crippen LogP contribution in [0, 0.1) is 12.7 Å². The molecule has 0 heterocycles. The molecular formula is C17H21FN2. The summed E-state index contributed by atoms with van der Waals surface area (Å²) in [7, 11) is 2.00. The van der Waals surface area contributed by atoms with E-state index in [2.05, 4.69) is 30.0 Å². The molecule has 0 spiro atoms. The lowest BCUT2D eigenvalue weighted by atomic mass is 10.0.